The van der Waals surface area contributed by atoms with E-state index in [1.807, 2.05) is 43.5 Å². The molecule has 0 aliphatic heterocycles. The summed E-state index contributed by atoms with van der Waals surface area (Å²) >= 11 is 1.61. The molecule has 17 heavy (non-hydrogen) atoms. The third kappa shape index (κ3) is 2.36. The summed E-state index contributed by atoms with van der Waals surface area (Å²) in [7, 11) is 0. The SMILES string of the molecule is CC(C)/C(=C/c1csc2ccccc12)[N+](=O)[O-]. The Morgan fingerprint density at radius 3 is 2.76 bits per heavy atom. The minimum atomic E-state index is -0.295. The van der Waals surface area contributed by atoms with Gasteiger partial charge in [0.15, 0.2) is 0 Å². The Morgan fingerprint density at radius 2 is 2.12 bits per heavy atom. The zero-order valence-electron chi connectivity index (χ0n) is 9.71. The molecule has 0 aliphatic rings. The first kappa shape index (κ1) is 11.8. The molecular formula is C13H13NO2S. The smallest absolute Gasteiger partial charge is 0.249 e. The van der Waals surface area contributed by atoms with E-state index < -0.39 is 0 Å². The number of fused-ring (bicyclic) bond motifs is 1. The molecule has 0 bridgehead atoms. The molecule has 0 saturated heterocycles. The van der Waals surface area contributed by atoms with Gasteiger partial charge in [0.2, 0.25) is 5.70 Å². The highest BCUT2D eigenvalue weighted by Crippen LogP contribution is 2.28. The predicted molar refractivity (Wildman–Crippen MR) is 71.6 cm³/mol. The molecule has 0 radical (unpaired) electrons. The lowest BCUT2D eigenvalue weighted by Gasteiger charge is -2.01. The Morgan fingerprint density at radius 1 is 1.41 bits per heavy atom. The van der Waals surface area contributed by atoms with Crippen LogP contribution >= 0.6 is 11.3 Å². The quantitative estimate of drug-likeness (QED) is 0.603. The molecule has 88 valence electrons. The van der Waals surface area contributed by atoms with Crippen molar-refractivity contribution in [3.63, 3.8) is 0 Å². The lowest BCUT2D eigenvalue weighted by Crippen LogP contribution is -2.05. The van der Waals surface area contributed by atoms with Gasteiger partial charge in [-0.25, -0.2) is 0 Å². The average molecular weight is 247 g/mol. The molecule has 1 aromatic carbocycles. The summed E-state index contributed by atoms with van der Waals surface area (Å²) < 4.78 is 1.16. The first-order valence-corrected chi connectivity index (χ1v) is 6.29. The molecular weight excluding hydrogens is 234 g/mol. The average Bonchev–Trinajstić information content (AvgIpc) is 2.68. The molecule has 2 rings (SSSR count). The summed E-state index contributed by atoms with van der Waals surface area (Å²) in [5.74, 6) is -0.0799. The van der Waals surface area contributed by atoms with Crippen LogP contribution in [0.1, 0.15) is 19.4 Å². The second-order valence-electron chi connectivity index (χ2n) is 4.17. The van der Waals surface area contributed by atoms with Crippen LogP contribution in [-0.2, 0) is 0 Å². The fourth-order valence-corrected chi connectivity index (χ4v) is 2.62. The van der Waals surface area contributed by atoms with Crippen molar-refractivity contribution < 1.29 is 4.92 Å². The summed E-state index contributed by atoms with van der Waals surface area (Å²) in [5.41, 5.74) is 1.19. The number of hydrogen-bond donors (Lipinski definition) is 0. The summed E-state index contributed by atoms with van der Waals surface area (Å²) in [6.07, 6.45) is 1.68. The van der Waals surface area contributed by atoms with Gasteiger partial charge in [0.25, 0.3) is 0 Å². The molecule has 1 aromatic heterocycles. The van der Waals surface area contributed by atoms with Gasteiger partial charge >= 0.3 is 0 Å². The molecule has 0 spiro atoms. The van der Waals surface area contributed by atoms with Gasteiger partial charge in [0.1, 0.15) is 0 Å². The van der Waals surface area contributed by atoms with E-state index >= 15 is 0 Å². The minimum absolute atomic E-state index is 0.0799. The minimum Gasteiger partial charge on any atom is -0.259 e. The molecule has 0 N–H and O–H groups in total. The molecule has 2 aromatic rings. The first-order chi connectivity index (χ1) is 8.09. The van der Waals surface area contributed by atoms with Gasteiger partial charge in [-0.2, -0.15) is 0 Å². The summed E-state index contributed by atoms with van der Waals surface area (Å²) in [4.78, 5) is 10.6. The van der Waals surface area contributed by atoms with Crippen molar-refractivity contribution in [1.29, 1.82) is 0 Å². The van der Waals surface area contributed by atoms with E-state index in [4.69, 9.17) is 0 Å². The Balaban J connectivity index is 2.53. The van der Waals surface area contributed by atoms with Crippen LogP contribution in [-0.4, -0.2) is 4.92 Å². The van der Waals surface area contributed by atoms with Gasteiger partial charge in [-0.3, -0.25) is 10.1 Å². The van der Waals surface area contributed by atoms with Crippen LogP contribution in [0.15, 0.2) is 35.3 Å². The molecule has 0 atom stereocenters. The van der Waals surface area contributed by atoms with Gasteiger partial charge < -0.3 is 0 Å². The topological polar surface area (TPSA) is 43.1 Å². The third-order valence-electron chi connectivity index (χ3n) is 2.62. The van der Waals surface area contributed by atoms with E-state index in [-0.39, 0.29) is 16.5 Å². The maximum absolute atomic E-state index is 10.9. The van der Waals surface area contributed by atoms with Gasteiger partial charge in [0.05, 0.1) is 4.92 Å². The van der Waals surface area contributed by atoms with Crippen molar-refractivity contribution in [3.8, 4) is 0 Å². The molecule has 0 amide bonds. The van der Waals surface area contributed by atoms with Crippen LogP contribution in [0.3, 0.4) is 0 Å². The summed E-state index contributed by atoms with van der Waals surface area (Å²) in [6.45, 7) is 3.67. The third-order valence-corrected chi connectivity index (χ3v) is 3.60. The van der Waals surface area contributed by atoms with Crippen molar-refractivity contribution in [2.75, 3.05) is 0 Å². The first-order valence-electron chi connectivity index (χ1n) is 5.42. The fourth-order valence-electron chi connectivity index (χ4n) is 1.70. The molecule has 3 nitrogen and oxygen atoms in total. The van der Waals surface area contributed by atoms with E-state index in [1.165, 1.54) is 0 Å². The van der Waals surface area contributed by atoms with Gasteiger partial charge in [-0.1, -0.05) is 32.0 Å². The zero-order valence-corrected chi connectivity index (χ0v) is 10.5. The van der Waals surface area contributed by atoms with Crippen molar-refractivity contribution in [2.24, 2.45) is 5.92 Å². The van der Waals surface area contributed by atoms with Crippen LogP contribution in [0.4, 0.5) is 0 Å². The number of rotatable bonds is 3. The van der Waals surface area contributed by atoms with Gasteiger partial charge in [-0.05, 0) is 22.4 Å². The highest BCUT2D eigenvalue weighted by Gasteiger charge is 2.16. The highest BCUT2D eigenvalue weighted by atomic mass is 32.1. The van der Waals surface area contributed by atoms with E-state index in [0.717, 1.165) is 15.6 Å². The van der Waals surface area contributed by atoms with Crippen LogP contribution in [0.5, 0.6) is 0 Å². The number of benzene rings is 1. The van der Waals surface area contributed by atoms with E-state index in [9.17, 15) is 10.1 Å². The Labute approximate surface area is 104 Å². The molecule has 0 aliphatic carbocycles. The second-order valence-corrected chi connectivity index (χ2v) is 5.08. The number of thiophene rings is 1. The highest BCUT2D eigenvalue weighted by molar-refractivity contribution is 7.17. The molecule has 0 fully saturated rings. The Hall–Kier alpha value is -1.68. The van der Waals surface area contributed by atoms with E-state index in [0.29, 0.717) is 0 Å². The standard InChI is InChI=1S/C13H13NO2S/c1-9(2)12(14(15)16)7-10-8-17-13-6-4-3-5-11(10)13/h3-9H,1-2H3/b12-7-. The van der Waals surface area contributed by atoms with E-state index in [2.05, 4.69) is 0 Å². The second kappa shape index (κ2) is 4.67. The fraction of sp³-hybridized carbons (Fsp3) is 0.231. The van der Waals surface area contributed by atoms with Crippen LogP contribution < -0.4 is 0 Å². The van der Waals surface area contributed by atoms with Gasteiger partial charge in [0, 0.05) is 16.7 Å². The number of hydrogen-bond acceptors (Lipinski definition) is 3. The molecule has 0 saturated carbocycles. The lowest BCUT2D eigenvalue weighted by molar-refractivity contribution is -0.431. The lowest BCUT2D eigenvalue weighted by atomic mass is 10.1. The van der Waals surface area contributed by atoms with Crippen LogP contribution in [0.2, 0.25) is 0 Å². The number of nitro groups is 1. The predicted octanol–water partition coefficient (Wildman–Crippen LogP) is 4.17. The Kier molecular flexibility index (Phi) is 3.24. The van der Waals surface area contributed by atoms with Crippen molar-refractivity contribution in [2.45, 2.75) is 13.8 Å². The number of nitrogens with zero attached hydrogens (tertiary/aromatic N) is 1. The van der Waals surface area contributed by atoms with Crippen molar-refractivity contribution in [3.05, 3.63) is 51.0 Å². The van der Waals surface area contributed by atoms with Gasteiger partial charge in [-0.15, -0.1) is 11.3 Å². The Bertz CT molecular complexity index is 584. The summed E-state index contributed by atoms with van der Waals surface area (Å²) in [6, 6.07) is 7.95. The largest absolute Gasteiger partial charge is 0.259 e. The van der Waals surface area contributed by atoms with Crippen LogP contribution in [0.25, 0.3) is 16.2 Å². The zero-order chi connectivity index (χ0) is 12.4. The normalized spacial score (nSPS) is 12.3. The van der Waals surface area contributed by atoms with Crippen molar-refractivity contribution >= 4 is 27.5 Å². The maximum atomic E-state index is 10.9. The monoisotopic (exact) mass is 247 g/mol. The van der Waals surface area contributed by atoms with Crippen molar-refractivity contribution in [1.82, 2.24) is 0 Å². The summed E-state index contributed by atoms with van der Waals surface area (Å²) in [5, 5.41) is 14.0. The molecule has 0 unspecified atom stereocenters. The van der Waals surface area contributed by atoms with E-state index in [1.54, 1.807) is 17.4 Å². The molecule has 4 heteroatoms. The molecule has 1 heterocycles. The van der Waals surface area contributed by atoms with Crippen LogP contribution in [0, 0.1) is 16.0 Å². The maximum Gasteiger partial charge on any atom is 0.249 e. The number of allylic oxidation sites excluding steroid dienone is 1.